The van der Waals surface area contributed by atoms with Gasteiger partial charge in [-0.2, -0.15) is 0 Å². The molecule has 0 spiro atoms. The molecule has 2 aromatic carbocycles. The van der Waals surface area contributed by atoms with Crippen molar-refractivity contribution in [3.63, 3.8) is 0 Å². The molecule has 0 atom stereocenters. The van der Waals surface area contributed by atoms with E-state index in [1.54, 1.807) is 42.5 Å². The molecule has 0 saturated carbocycles. The van der Waals surface area contributed by atoms with Crippen molar-refractivity contribution in [3.05, 3.63) is 65.2 Å². The minimum absolute atomic E-state index is 0.180. The Balaban J connectivity index is 1.97. The Bertz CT molecular complexity index is 666. The van der Waals surface area contributed by atoms with E-state index in [4.69, 9.17) is 10.5 Å². The van der Waals surface area contributed by atoms with Crippen molar-refractivity contribution < 1.29 is 14.3 Å². The van der Waals surface area contributed by atoms with Crippen molar-refractivity contribution in [1.82, 2.24) is 5.32 Å². The standard InChI is InChI=1S/C17H18N2O3/c1-2-22-15-5-3-4-14(10-15)17(21)19-11-12-6-8-13(9-7-12)16(18)20/h3-10H,2,11H2,1H3,(H2,18,20)(H,19,21). The highest BCUT2D eigenvalue weighted by Crippen LogP contribution is 2.13. The van der Waals surface area contributed by atoms with Crippen LogP contribution in [0.15, 0.2) is 48.5 Å². The number of nitrogens with two attached hydrogens (primary N) is 1. The van der Waals surface area contributed by atoms with Gasteiger partial charge in [0, 0.05) is 17.7 Å². The van der Waals surface area contributed by atoms with E-state index in [0.29, 0.717) is 30.0 Å². The maximum Gasteiger partial charge on any atom is 0.251 e. The van der Waals surface area contributed by atoms with E-state index < -0.39 is 5.91 Å². The zero-order chi connectivity index (χ0) is 15.9. The summed E-state index contributed by atoms with van der Waals surface area (Å²) in [6, 6.07) is 13.8. The van der Waals surface area contributed by atoms with E-state index >= 15 is 0 Å². The van der Waals surface area contributed by atoms with E-state index in [0.717, 1.165) is 5.56 Å². The molecule has 3 N–H and O–H groups in total. The van der Waals surface area contributed by atoms with Crippen LogP contribution in [0.2, 0.25) is 0 Å². The Morgan fingerprint density at radius 3 is 2.45 bits per heavy atom. The first-order valence-corrected chi connectivity index (χ1v) is 7.00. The average Bonchev–Trinajstić information content (AvgIpc) is 2.53. The molecule has 0 aliphatic carbocycles. The lowest BCUT2D eigenvalue weighted by Crippen LogP contribution is -2.22. The van der Waals surface area contributed by atoms with Gasteiger partial charge >= 0.3 is 0 Å². The number of amides is 2. The Morgan fingerprint density at radius 1 is 1.09 bits per heavy atom. The third-order valence-corrected chi connectivity index (χ3v) is 3.10. The topological polar surface area (TPSA) is 81.4 Å². The van der Waals surface area contributed by atoms with Gasteiger partial charge in [0.05, 0.1) is 6.61 Å². The fourth-order valence-corrected chi connectivity index (χ4v) is 1.97. The van der Waals surface area contributed by atoms with Gasteiger partial charge < -0.3 is 15.8 Å². The molecule has 5 heteroatoms. The van der Waals surface area contributed by atoms with Crippen LogP contribution in [0.5, 0.6) is 5.75 Å². The van der Waals surface area contributed by atoms with E-state index in [2.05, 4.69) is 5.32 Å². The second-order valence-electron chi connectivity index (χ2n) is 4.70. The summed E-state index contributed by atoms with van der Waals surface area (Å²) in [5.41, 5.74) is 7.05. The minimum Gasteiger partial charge on any atom is -0.494 e. The fourth-order valence-electron chi connectivity index (χ4n) is 1.97. The maximum atomic E-state index is 12.1. The molecule has 0 bridgehead atoms. The quantitative estimate of drug-likeness (QED) is 0.857. The highest BCUT2D eigenvalue weighted by atomic mass is 16.5. The Kier molecular flexibility index (Phi) is 5.14. The van der Waals surface area contributed by atoms with Crippen LogP contribution >= 0.6 is 0 Å². The van der Waals surface area contributed by atoms with E-state index in [-0.39, 0.29) is 5.91 Å². The van der Waals surface area contributed by atoms with Crippen LogP contribution in [0.1, 0.15) is 33.2 Å². The molecule has 0 heterocycles. The Hall–Kier alpha value is -2.82. The lowest BCUT2D eigenvalue weighted by molar-refractivity contribution is 0.0949. The van der Waals surface area contributed by atoms with Crippen LogP contribution in [0, 0.1) is 0 Å². The molecule has 0 aromatic heterocycles. The molecule has 2 rings (SSSR count). The molecule has 0 aliphatic rings. The minimum atomic E-state index is -0.469. The van der Waals surface area contributed by atoms with Gasteiger partial charge in [0.1, 0.15) is 5.75 Å². The second-order valence-corrected chi connectivity index (χ2v) is 4.70. The lowest BCUT2D eigenvalue weighted by atomic mass is 10.1. The third kappa shape index (κ3) is 4.09. The smallest absolute Gasteiger partial charge is 0.251 e. The number of nitrogens with one attached hydrogen (secondary N) is 1. The van der Waals surface area contributed by atoms with Gasteiger partial charge in [0.25, 0.3) is 5.91 Å². The van der Waals surface area contributed by atoms with E-state index in [9.17, 15) is 9.59 Å². The van der Waals surface area contributed by atoms with Crippen LogP contribution in [-0.2, 0) is 6.54 Å². The summed E-state index contributed by atoms with van der Waals surface area (Å²) in [6.45, 7) is 2.82. The Morgan fingerprint density at radius 2 is 1.82 bits per heavy atom. The van der Waals surface area contributed by atoms with Gasteiger partial charge in [0.15, 0.2) is 0 Å². The number of ether oxygens (including phenoxy) is 1. The highest BCUT2D eigenvalue weighted by molar-refractivity contribution is 5.94. The van der Waals surface area contributed by atoms with Crippen molar-refractivity contribution >= 4 is 11.8 Å². The van der Waals surface area contributed by atoms with Gasteiger partial charge in [-0.15, -0.1) is 0 Å². The molecule has 0 fully saturated rings. The highest BCUT2D eigenvalue weighted by Gasteiger charge is 2.07. The summed E-state index contributed by atoms with van der Waals surface area (Å²) >= 11 is 0. The van der Waals surface area contributed by atoms with Crippen molar-refractivity contribution in [2.45, 2.75) is 13.5 Å². The Labute approximate surface area is 129 Å². The van der Waals surface area contributed by atoms with E-state index in [1.165, 1.54) is 0 Å². The number of primary amides is 1. The maximum absolute atomic E-state index is 12.1. The monoisotopic (exact) mass is 298 g/mol. The van der Waals surface area contributed by atoms with Gasteiger partial charge in [-0.1, -0.05) is 18.2 Å². The summed E-state index contributed by atoms with van der Waals surface area (Å²) < 4.78 is 5.37. The lowest BCUT2D eigenvalue weighted by Gasteiger charge is -2.08. The number of hydrogen-bond donors (Lipinski definition) is 2. The van der Waals surface area contributed by atoms with Crippen molar-refractivity contribution in [1.29, 1.82) is 0 Å². The first-order chi connectivity index (χ1) is 10.6. The first-order valence-electron chi connectivity index (χ1n) is 7.00. The summed E-state index contributed by atoms with van der Waals surface area (Å²) in [4.78, 5) is 23.1. The van der Waals surface area contributed by atoms with Crippen LogP contribution in [0.3, 0.4) is 0 Å². The van der Waals surface area contributed by atoms with Crippen molar-refractivity contribution in [2.75, 3.05) is 6.61 Å². The van der Waals surface area contributed by atoms with Crippen molar-refractivity contribution in [3.8, 4) is 5.75 Å². The summed E-state index contributed by atoms with van der Waals surface area (Å²) in [5.74, 6) is 0.0183. The predicted octanol–water partition coefficient (Wildman–Crippen LogP) is 2.11. The predicted molar refractivity (Wildman–Crippen MR) is 83.7 cm³/mol. The molecule has 114 valence electrons. The fraction of sp³-hybridized carbons (Fsp3) is 0.176. The van der Waals surface area contributed by atoms with Crippen LogP contribution in [0.25, 0.3) is 0 Å². The summed E-state index contributed by atoms with van der Waals surface area (Å²) in [7, 11) is 0. The van der Waals surface area contributed by atoms with Crippen molar-refractivity contribution in [2.24, 2.45) is 5.73 Å². The zero-order valence-electron chi connectivity index (χ0n) is 12.3. The zero-order valence-corrected chi connectivity index (χ0v) is 12.3. The molecule has 0 aliphatic heterocycles. The molecule has 5 nitrogen and oxygen atoms in total. The normalized spacial score (nSPS) is 10.0. The number of rotatable bonds is 6. The number of carbonyl (C=O) groups excluding carboxylic acids is 2. The second kappa shape index (κ2) is 7.26. The molecular formula is C17H18N2O3. The van der Waals surface area contributed by atoms with Gasteiger partial charge in [-0.05, 0) is 42.8 Å². The molecule has 2 amide bonds. The first kappa shape index (κ1) is 15.6. The molecule has 2 aromatic rings. The number of hydrogen-bond acceptors (Lipinski definition) is 3. The summed E-state index contributed by atoms with van der Waals surface area (Å²) in [6.07, 6.45) is 0. The SMILES string of the molecule is CCOc1cccc(C(=O)NCc2ccc(C(N)=O)cc2)c1. The largest absolute Gasteiger partial charge is 0.494 e. The molecule has 0 unspecified atom stereocenters. The van der Waals surface area contributed by atoms with Gasteiger partial charge in [-0.3, -0.25) is 9.59 Å². The molecule has 22 heavy (non-hydrogen) atoms. The average molecular weight is 298 g/mol. The van der Waals surface area contributed by atoms with Gasteiger partial charge in [0.2, 0.25) is 5.91 Å². The number of carbonyl (C=O) groups is 2. The number of benzene rings is 2. The van der Waals surface area contributed by atoms with Crippen LogP contribution in [-0.4, -0.2) is 18.4 Å². The van der Waals surface area contributed by atoms with Crippen LogP contribution < -0.4 is 15.8 Å². The molecule has 0 saturated heterocycles. The molecular weight excluding hydrogens is 280 g/mol. The van der Waals surface area contributed by atoms with Crippen LogP contribution in [0.4, 0.5) is 0 Å². The molecule has 0 radical (unpaired) electrons. The third-order valence-electron chi connectivity index (χ3n) is 3.10. The van der Waals surface area contributed by atoms with Gasteiger partial charge in [-0.25, -0.2) is 0 Å². The summed E-state index contributed by atoms with van der Waals surface area (Å²) in [5, 5.41) is 2.82. The van der Waals surface area contributed by atoms with E-state index in [1.807, 2.05) is 13.0 Å².